The van der Waals surface area contributed by atoms with Crippen molar-refractivity contribution < 1.29 is 0 Å². The predicted octanol–water partition coefficient (Wildman–Crippen LogP) is 2.91. The monoisotopic (exact) mass is 210 g/mol. The van der Waals surface area contributed by atoms with Crippen LogP contribution in [0.1, 0.15) is 54.6 Å². The lowest BCUT2D eigenvalue weighted by molar-refractivity contribution is 0.418. The van der Waals surface area contributed by atoms with Crippen molar-refractivity contribution in [2.24, 2.45) is 5.73 Å². The average molecular weight is 210 g/mol. The maximum absolute atomic E-state index is 6.10. The van der Waals surface area contributed by atoms with E-state index in [2.05, 4.69) is 25.8 Å². The molecule has 0 aliphatic heterocycles. The van der Waals surface area contributed by atoms with Crippen molar-refractivity contribution in [1.82, 2.24) is 4.98 Å². The van der Waals surface area contributed by atoms with Gasteiger partial charge in [0.2, 0.25) is 0 Å². The van der Waals surface area contributed by atoms with Gasteiger partial charge >= 0.3 is 0 Å². The van der Waals surface area contributed by atoms with E-state index >= 15 is 0 Å². The molecule has 3 heteroatoms. The molecule has 0 atom stereocenters. The van der Waals surface area contributed by atoms with Crippen LogP contribution in [0, 0.1) is 6.92 Å². The number of aryl methyl sites for hydroxylation is 1. The maximum Gasteiger partial charge on any atom is 0.0962 e. The molecule has 1 fully saturated rings. The Morgan fingerprint density at radius 1 is 1.43 bits per heavy atom. The van der Waals surface area contributed by atoms with Crippen LogP contribution >= 0.6 is 11.3 Å². The number of aromatic nitrogens is 1. The van der Waals surface area contributed by atoms with Crippen LogP contribution in [0.2, 0.25) is 0 Å². The van der Waals surface area contributed by atoms with Crippen LogP contribution in [0.5, 0.6) is 0 Å². The van der Waals surface area contributed by atoms with Crippen molar-refractivity contribution in [2.75, 3.05) is 0 Å². The molecule has 0 unspecified atom stereocenters. The van der Waals surface area contributed by atoms with Crippen LogP contribution in [-0.2, 0) is 5.54 Å². The Morgan fingerprint density at radius 2 is 2.07 bits per heavy atom. The lowest BCUT2D eigenvalue weighted by Crippen LogP contribution is -2.28. The molecule has 1 heterocycles. The van der Waals surface area contributed by atoms with Crippen molar-refractivity contribution in [3.8, 4) is 0 Å². The van der Waals surface area contributed by atoms with Crippen LogP contribution in [0.4, 0.5) is 0 Å². The van der Waals surface area contributed by atoms with Gasteiger partial charge < -0.3 is 5.73 Å². The van der Waals surface area contributed by atoms with Crippen molar-refractivity contribution in [3.05, 3.63) is 15.6 Å². The quantitative estimate of drug-likeness (QED) is 0.815. The molecule has 2 rings (SSSR count). The Labute approximate surface area is 89.5 Å². The van der Waals surface area contributed by atoms with Gasteiger partial charge in [0.15, 0.2) is 0 Å². The van der Waals surface area contributed by atoms with Crippen LogP contribution in [0.3, 0.4) is 0 Å². The smallest absolute Gasteiger partial charge is 0.0962 e. The number of hydrogen-bond donors (Lipinski definition) is 1. The molecule has 78 valence electrons. The molecule has 0 saturated heterocycles. The topological polar surface area (TPSA) is 38.9 Å². The highest BCUT2D eigenvalue weighted by atomic mass is 32.1. The van der Waals surface area contributed by atoms with Gasteiger partial charge in [-0.05, 0) is 33.6 Å². The first-order chi connectivity index (χ1) is 6.48. The molecule has 0 aromatic carbocycles. The molecule has 1 aliphatic carbocycles. The van der Waals surface area contributed by atoms with Gasteiger partial charge in [-0.15, -0.1) is 11.3 Å². The van der Waals surface area contributed by atoms with Gasteiger partial charge in [-0.25, -0.2) is 4.98 Å². The molecule has 2 N–H and O–H groups in total. The number of thiazole rings is 1. The fraction of sp³-hybridized carbons (Fsp3) is 0.727. The molecule has 1 aliphatic rings. The summed E-state index contributed by atoms with van der Waals surface area (Å²) in [7, 11) is 0. The minimum atomic E-state index is -0.232. The fourth-order valence-electron chi connectivity index (χ4n) is 1.84. The minimum absolute atomic E-state index is 0.232. The highest BCUT2D eigenvalue weighted by Crippen LogP contribution is 2.40. The van der Waals surface area contributed by atoms with E-state index in [1.54, 1.807) is 0 Å². The van der Waals surface area contributed by atoms with E-state index in [-0.39, 0.29) is 5.54 Å². The molecular formula is C11H18N2S. The number of hydrogen-bond acceptors (Lipinski definition) is 3. The van der Waals surface area contributed by atoms with Gasteiger partial charge in [0.05, 0.1) is 10.7 Å². The summed E-state index contributed by atoms with van der Waals surface area (Å²) in [5.74, 6) is 0.731. The molecule has 0 radical (unpaired) electrons. The molecule has 0 amide bonds. The first kappa shape index (κ1) is 10.1. The number of rotatable bonds is 2. The van der Waals surface area contributed by atoms with Crippen molar-refractivity contribution >= 4 is 11.3 Å². The molecule has 2 nitrogen and oxygen atoms in total. The van der Waals surface area contributed by atoms with Crippen LogP contribution < -0.4 is 5.73 Å². The van der Waals surface area contributed by atoms with Gasteiger partial charge in [0.25, 0.3) is 0 Å². The van der Waals surface area contributed by atoms with Crippen LogP contribution in [-0.4, -0.2) is 4.98 Å². The highest BCUT2D eigenvalue weighted by molar-refractivity contribution is 7.12. The molecule has 0 spiro atoms. The SMILES string of the molecule is Cc1nc(C2CCC2)sc1C(C)(C)N. The summed E-state index contributed by atoms with van der Waals surface area (Å²) in [4.78, 5) is 5.89. The van der Waals surface area contributed by atoms with Gasteiger partial charge in [-0.2, -0.15) is 0 Å². The van der Waals surface area contributed by atoms with E-state index in [1.165, 1.54) is 29.1 Å². The molecule has 1 aromatic heterocycles. The van der Waals surface area contributed by atoms with Crippen molar-refractivity contribution in [3.63, 3.8) is 0 Å². The third-order valence-corrected chi connectivity index (χ3v) is 4.51. The van der Waals surface area contributed by atoms with Crippen LogP contribution in [0.25, 0.3) is 0 Å². The minimum Gasteiger partial charge on any atom is -0.321 e. The number of nitrogens with two attached hydrogens (primary N) is 1. The van der Waals surface area contributed by atoms with E-state index in [0.29, 0.717) is 0 Å². The van der Waals surface area contributed by atoms with E-state index in [4.69, 9.17) is 5.73 Å². The summed E-state index contributed by atoms with van der Waals surface area (Å²) in [5.41, 5.74) is 7.00. The normalized spacial score (nSPS) is 18.3. The van der Waals surface area contributed by atoms with Crippen molar-refractivity contribution in [1.29, 1.82) is 0 Å². The lowest BCUT2D eigenvalue weighted by atomic mass is 9.86. The molecule has 14 heavy (non-hydrogen) atoms. The van der Waals surface area contributed by atoms with Crippen molar-refractivity contribution in [2.45, 2.75) is 51.5 Å². The second-order valence-electron chi connectivity index (χ2n) is 4.82. The summed E-state index contributed by atoms with van der Waals surface area (Å²) < 4.78 is 0. The van der Waals surface area contributed by atoms with Crippen LogP contribution in [0.15, 0.2) is 0 Å². The summed E-state index contributed by atoms with van der Waals surface area (Å²) >= 11 is 1.81. The van der Waals surface area contributed by atoms with Gasteiger partial charge in [0, 0.05) is 16.3 Å². The second-order valence-corrected chi connectivity index (χ2v) is 5.85. The maximum atomic E-state index is 6.10. The zero-order chi connectivity index (χ0) is 10.3. The summed E-state index contributed by atoms with van der Waals surface area (Å²) in [6.45, 7) is 6.18. The zero-order valence-corrected chi connectivity index (χ0v) is 9.95. The van der Waals surface area contributed by atoms with Gasteiger partial charge in [-0.1, -0.05) is 6.42 Å². The van der Waals surface area contributed by atoms with E-state index in [1.807, 2.05) is 11.3 Å². The first-order valence-electron chi connectivity index (χ1n) is 5.25. The molecular weight excluding hydrogens is 192 g/mol. The largest absolute Gasteiger partial charge is 0.321 e. The zero-order valence-electron chi connectivity index (χ0n) is 9.13. The van der Waals surface area contributed by atoms with E-state index in [0.717, 1.165) is 11.6 Å². The Kier molecular flexibility index (Phi) is 2.40. The van der Waals surface area contributed by atoms with Gasteiger partial charge in [0.1, 0.15) is 0 Å². The lowest BCUT2D eigenvalue weighted by Gasteiger charge is -2.22. The third-order valence-electron chi connectivity index (χ3n) is 2.85. The third kappa shape index (κ3) is 1.71. The Bertz CT molecular complexity index is 332. The highest BCUT2D eigenvalue weighted by Gasteiger charge is 2.27. The summed E-state index contributed by atoms with van der Waals surface area (Å²) in [6, 6.07) is 0. The molecule has 1 saturated carbocycles. The Morgan fingerprint density at radius 3 is 2.43 bits per heavy atom. The van der Waals surface area contributed by atoms with E-state index in [9.17, 15) is 0 Å². The fourth-order valence-corrected chi connectivity index (χ4v) is 3.10. The molecule has 0 bridgehead atoms. The second kappa shape index (κ2) is 3.31. The Balaban J connectivity index is 2.29. The molecule has 1 aromatic rings. The summed E-state index contributed by atoms with van der Waals surface area (Å²) in [5, 5.41) is 1.31. The number of nitrogens with zero attached hydrogens (tertiary/aromatic N) is 1. The predicted molar refractivity (Wildman–Crippen MR) is 60.7 cm³/mol. The van der Waals surface area contributed by atoms with E-state index < -0.39 is 0 Å². The standard InChI is InChI=1S/C11H18N2S/c1-7-9(11(2,3)12)14-10(13-7)8-5-4-6-8/h8H,4-6,12H2,1-3H3. The first-order valence-corrected chi connectivity index (χ1v) is 6.07. The summed E-state index contributed by atoms with van der Waals surface area (Å²) in [6.07, 6.45) is 4.00. The Hall–Kier alpha value is -0.410. The van der Waals surface area contributed by atoms with Gasteiger partial charge in [-0.3, -0.25) is 0 Å². The average Bonchev–Trinajstić information content (AvgIpc) is 2.25.